The molecule has 0 saturated heterocycles. The molecular formula is C62H49FN4OPt+2. The smallest absolute Gasteiger partial charge is 0.509 e. The molecule has 0 radical (unpaired) electrons. The Morgan fingerprint density at radius 1 is 0.536 bits per heavy atom. The first-order valence-corrected chi connectivity index (χ1v) is 23.1. The van der Waals surface area contributed by atoms with Crippen LogP contribution in [-0.4, -0.2) is 15.6 Å². The van der Waals surface area contributed by atoms with E-state index in [-0.39, 0.29) is 37.7 Å². The zero-order valence-corrected chi connectivity index (χ0v) is 41.6. The van der Waals surface area contributed by atoms with E-state index in [2.05, 4.69) is 196 Å². The van der Waals surface area contributed by atoms with Gasteiger partial charge in [0.15, 0.2) is 0 Å². The number of rotatable bonds is 8. The van der Waals surface area contributed by atoms with Gasteiger partial charge in [-0.2, -0.15) is 12.1 Å². The van der Waals surface area contributed by atoms with Gasteiger partial charge in [-0.05, 0) is 97.1 Å². The molecule has 11 rings (SSSR count). The van der Waals surface area contributed by atoms with Crippen LogP contribution in [0, 0.1) is 17.9 Å². The molecule has 0 fully saturated rings. The fourth-order valence-electron chi connectivity index (χ4n) is 9.31. The average Bonchev–Trinajstić information content (AvgIpc) is 3.89. The molecule has 0 N–H and O–H groups in total. The molecule has 3 heterocycles. The summed E-state index contributed by atoms with van der Waals surface area (Å²) in [5.74, 6) is 1.41. The van der Waals surface area contributed by atoms with Gasteiger partial charge in [0.25, 0.3) is 5.69 Å². The second-order valence-electron chi connectivity index (χ2n) is 19.4. The van der Waals surface area contributed by atoms with E-state index in [1.165, 1.54) is 11.6 Å². The van der Waals surface area contributed by atoms with Gasteiger partial charge in [-0.3, -0.25) is 0 Å². The first-order chi connectivity index (χ1) is 32.9. The minimum Gasteiger partial charge on any atom is -0.509 e. The summed E-state index contributed by atoms with van der Waals surface area (Å²) in [4.78, 5) is 4.81. The molecule has 0 unspecified atom stereocenters. The molecule has 0 aliphatic carbocycles. The third kappa shape index (κ3) is 8.46. The Hall–Kier alpha value is -7.49. The third-order valence-corrected chi connectivity index (χ3v) is 12.8. The SMILES string of the molecule is CC(C)(C)c1cccc(-c2cccc3c2[N+](c2c(-c4ccccc4)cccc2-c2ccccc2)=C=[N+]3c2[c-]c(Oc3[c-]c4c(cc3)c3cc(F)ccc3n4-c3cc(C(C)(C)C)ccn3)ccc2)c1.[Pt+2]. The normalized spacial score (nSPS) is 12.4. The first kappa shape index (κ1) is 45.3. The molecule has 5 nitrogen and oxygen atoms in total. The maximum atomic E-state index is 14.8. The summed E-state index contributed by atoms with van der Waals surface area (Å²) in [6, 6.07) is 72.9. The number of nitrogens with zero attached hydrogens (tertiary/aromatic N) is 4. The minimum absolute atomic E-state index is 0. The predicted molar refractivity (Wildman–Crippen MR) is 277 cm³/mol. The van der Waals surface area contributed by atoms with Gasteiger partial charge in [-0.25, -0.2) is 9.37 Å². The number of halogens is 1. The van der Waals surface area contributed by atoms with Gasteiger partial charge in [0.1, 0.15) is 17.3 Å². The number of aromatic nitrogens is 2. The molecule has 0 atom stereocenters. The van der Waals surface area contributed by atoms with Crippen molar-refractivity contribution in [3.05, 3.63) is 217 Å². The van der Waals surface area contributed by atoms with E-state index in [0.29, 0.717) is 11.5 Å². The van der Waals surface area contributed by atoms with Crippen molar-refractivity contribution in [3.63, 3.8) is 0 Å². The fourth-order valence-corrected chi connectivity index (χ4v) is 9.31. The van der Waals surface area contributed by atoms with Crippen molar-refractivity contribution < 1.29 is 30.2 Å². The number of para-hydroxylation sites is 2. The van der Waals surface area contributed by atoms with Crippen LogP contribution < -0.4 is 13.9 Å². The number of ether oxygens (including phenoxy) is 1. The van der Waals surface area contributed by atoms with Crippen molar-refractivity contribution in [3.8, 4) is 50.7 Å². The fraction of sp³-hybridized carbons (Fsp3) is 0.129. The van der Waals surface area contributed by atoms with Gasteiger partial charge < -0.3 is 9.30 Å². The van der Waals surface area contributed by atoms with E-state index in [0.717, 1.165) is 89.3 Å². The number of pyridine rings is 1. The van der Waals surface area contributed by atoms with E-state index in [1.54, 1.807) is 12.1 Å². The first-order valence-electron chi connectivity index (χ1n) is 23.1. The van der Waals surface area contributed by atoms with Gasteiger partial charge >= 0.3 is 32.8 Å². The van der Waals surface area contributed by atoms with Gasteiger partial charge in [0.2, 0.25) is 5.69 Å². The zero-order valence-electron chi connectivity index (χ0n) is 39.3. The Morgan fingerprint density at radius 2 is 1.14 bits per heavy atom. The molecule has 8 aromatic carbocycles. The van der Waals surface area contributed by atoms with Crippen LogP contribution >= 0.6 is 0 Å². The van der Waals surface area contributed by atoms with E-state index in [4.69, 9.17) is 9.72 Å². The standard InChI is InChI=1S/C62H49FN4O.Pt/c1-61(2,3)44-22-13-21-43(35-44)52-27-16-28-56-60(52)66(59-50(41-17-9-7-10-18-41)25-15-26-51(59)42-19-11-8-12-20-42)40-65(56)47-23-14-24-48(38-47)68-49-30-31-53-54-37-46(63)29-32-55(54)67(57(53)39-49)58-36-45(33-34-64-58)62(4,5)6;/h7-37H,1-6H3;/q;+2. The number of fused-ring (bicyclic) bond motifs is 4. The molecule has 338 valence electrons. The quantitative estimate of drug-likeness (QED) is 0.112. The molecule has 7 heteroatoms. The van der Waals surface area contributed by atoms with Crippen molar-refractivity contribution in [2.75, 3.05) is 0 Å². The van der Waals surface area contributed by atoms with Crippen molar-refractivity contribution in [1.29, 1.82) is 0 Å². The number of hydrogen-bond donors (Lipinski definition) is 0. The second-order valence-corrected chi connectivity index (χ2v) is 19.4. The maximum absolute atomic E-state index is 14.8. The number of hydrogen-bond acceptors (Lipinski definition) is 2. The van der Waals surface area contributed by atoms with E-state index < -0.39 is 0 Å². The van der Waals surface area contributed by atoms with E-state index >= 15 is 0 Å². The van der Waals surface area contributed by atoms with Crippen molar-refractivity contribution >= 4 is 50.6 Å². The monoisotopic (exact) mass is 1080 g/mol. The summed E-state index contributed by atoms with van der Waals surface area (Å²) in [6.07, 6.45) is 1.83. The van der Waals surface area contributed by atoms with Gasteiger partial charge in [0.05, 0.1) is 16.7 Å². The molecule has 2 aromatic heterocycles. The average molecular weight is 1080 g/mol. The molecular weight excluding hydrogens is 1030 g/mol. The molecule has 69 heavy (non-hydrogen) atoms. The van der Waals surface area contributed by atoms with Crippen molar-refractivity contribution in [2.45, 2.75) is 52.4 Å². The van der Waals surface area contributed by atoms with E-state index in [9.17, 15) is 4.39 Å². The van der Waals surface area contributed by atoms with Crippen molar-refractivity contribution in [2.24, 2.45) is 0 Å². The summed E-state index contributed by atoms with van der Waals surface area (Å²) >= 11 is 0. The number of benzene rings is 8. The second kappa shape index (κ2) is 17.9. The van der Waals surface area contributed by atoms with Gasteiger partial charge in [-0.1, -0.05) is 161 Å². The summed E-state index contributed by atoms with van der Waals surface area (Å²) in [6.45, 7) is 13.3. The van der Waals surface area contributed by atoms with Crippen molar-refractivity contribution in [1.82, 2.24) is 18.7 Å². The molecule has 1 aliphatic rings. The minimum atomic E-state index is -0.305. The Bertz CT molecular complexity index is 3610. The van der Waals surface area contributed by atoms with Crippen LogP contribution in [0.25, 0.3) is 61.0 Å². The van der Waals surface area contributed by atoms with Crippen LogP contribution in [0.4, 0.5) is 27.1 Å². The van der Waals surface area contributed by atoms with Gasteiger partial charge in [-0.15, -0.1) is 23.6 Å². The van der Waals surface area contributed by atoms with Crippen LogP contribution in [0.15, 0.2) is 188 Å². The Kier molecular flexibility index (Phi) is 11.7. The van der Waals surface area contributed by atoms with Crippen LogP contribution in [0.1, 0.15) is 52.7 Å². The Morgan fingerprint density at radius 3 is 1.84 bits per heavy atom. The van der Waals surface area contributed by atoms with E-state index in [1.807, 2.05) is 47.2 Å². The largest absolute Gasteiger partial charge is 2.00 e. The third-order valence-electron chi connectivity index (χ3n) is 12.8. The van der Waals surface area contributed by atoms with Crippen LogP contribution in [-0.2, 0) is 31.9 Å². The summed E-state index contributed by atoms with van der Waals surface area (Å²) in [5.41, 5.74) is 14.1. The maximum Gasteiger partial charge on any atom is 2.00 e. The molecule has 0 bridgehead atoms. The summed E-state index contributed by atoms with van der Waals surface area (Å²) in [5, 5.41) is 1.62. The van der Waals surface area contributed by atoms with Crippen LogP contribution in [0.5, 0.6) is 11.5 Å². The van der Waals surface area contributed by atoms with Crippen LogP contribution in [0.3, 0.4) is 0 Å². The summed E-state index contributed by atoms with van der Waals surface area (Å²) < 4.78 is 27.9. The zero-order chi connectivity index (χ0) is 46.7. The summed E-state index contributed by atoms with van der Waals surface area (Å²) in [7, 11) is 0. The van der Waals surface area contributed by atoms with Crippen LogP contribution in [0.2, 0.25) is 0 Å². The molecule has 0 saturated carbocycles. The topological polar surface area (TPSA) is 33.1 Å². The molecule has 0 amide bonds. The Balaban J connectivity index is 0.00000553. The molecule has 0 spiro atoms. The Labute approximate surface area is 417 Å². The van der Waals surface area contributed by atoms with Gasteiger partial charge in [0, 0.05) is 29.3 Å². The predicted octanol–water partition coefficient (Wildman–Crippen LogP) is 16.2. The molecule has 10 aromatic rings. The molecule has 1 aliphatic heterocycles.